The standard InChI is InChI=1S/C10H21N3O2/c1-13(6-2-3-10(11)12-14)9-4-7-15-8-5-9/h9,14H,2-8H2,1H3,(H2,11,12). The van der Waals surface area contributed by atoms with Gasteiger partial charge in [-0.05, 0) is 32.9 Å². The number of hydrogen-bond acceptors (Lipinski definition) is 4. The molecule has 0 amide bonds. The molecule has 0 aliphatic carbocycles. The van der Waals surface area contributed by atoms with Crippen LogP contribution in [0.1, 0.15) is 25.7 Å². The van der Waals surface area contributed by atoms with Gasteiger partial charge in [-0.2, -0.15) is 0 Å². The third-order valence-corrected chi connectivity index (χ3v) is 2.89. The maximum Gasteiger partial charge on any atom is 0.139 e. The number of hydrogen-bond donors (Lipinski definition) is 2. The van der Waals surface area contributed by atoms with E-state index in [0.29, 0.717) is 18.3 Å². The van der Waals surface area contributed by atoms with Gasteiger partial charge in [0.2, 0.25) is 0 Å². The summed E-state index contributed by atoms with van der Waals surface area (Å²) in [5.41, 5.74) is 5.40. The van der Waals surface area contributed by atoms with Crippen LogP contribution in [0.4, 0.5) is 0 Å². The van der Waals surface area contributed by atoms with E-state index in [1.165, 1.54) is 0 Å². The van der Waals surface area contributed by atoms with Crippen LogP contribution in [0.5, 0.6) is 0 Å². The van der Waals surface area contributed by atoms with Crippen molar-refractivity contribution in [3.8, 4) is 0 Å². The van der Waals surface area contributed by atoms with E-state index in [9.17, 15) is 0 Å². The molecule has 1 fully saturated rings. The third kappa shape index (κ3) is 4.48. The molecule has 0 atom stereocenters. The van der Waals surface area contributed by atoms with Gasteiger partial charge in [-0.15, -0.1) is 0 Å². The summed E-state index contributed by atoms with van der Waals surface area (Å²) in [5, 5.41) is 11.3. The minimum Gasteiger partial charge on any atom is -0.409 e. The van der Waals surface area contributed by atoms with Crippen LogP contribution < -0.4 is 5.73 Å². The van der Waals surface area contributed by atoms with E-state index >= 15 is 0 Å². The quantitative estimate of drug-likeness (QED) is 0.305. The minimum atomic E-state index is 0.315. The number of amidine groups is 1. The highest BCUT2D eigenvalue weighted by Gasteiger charge is 2.17. The lowest BCUT2D eigenvalue weighted by Crippen LogP contribution is -2.37. The fourth-order valence-corrected chi connectivity index (χ4v) is 1.87. The molecule has 1 heterocycles. The van der Waals surface area contributed by atoms with Crippen LogP contribution in [0.2, 0.25) is 0 Å². The van der Waals surface area contributed by atoms with Gasteiger partial charge in [0, 0.05) is 25.7 Å². The Kier molecular flexibility index (Phi) is 5.42. The Labute approximate surface area is 90.9 Å². The van der Waals surface area contributed by atoms with E-state index in [0.717, 1.165) is 39.0 Å². The SMILES string of the molecule is CN(CCC/C(N)=N/O)C1CCOCC1. The number of rotatable bonds is 5. The molecule has 0 aromatic heterocycles. The van der Waals surface area contributed by atoms with Gasteiger partial charge in [-0.25, -0.2) is 0 Å². The largest absolute Gasteiger partial charge is 0.409 e. The van der Waals surface area contributed by atoms with Crippen molar-refractivity contribution in [1.82, 2.24) is 4.90 Å². The van der Waals surface area contributed by atoms with Gasteiger partial charge < -0.3 is 20.6 Å². The van der Waals surface area contributed by atoms with E-state index in [1.54, 1.807) is 0 Å². The van der Waals surface area contributed by atoms with Crippen LogP contribution in [-0.4, -0.2) is 48.8 Å². The first-order valence-corrected chi connectivity index (χ1v) is 5.48. The summed E-state index contributed by atoms with van der Waals surface area (Å²) < 4.78 is 5.31. The molecular formula is C10H21N3O2. The van der Waals surface area contributed by atoms with Crippen LogP contribution >= 0.6 is 0 Å². The van der Waals surface area contributed by atoms with Gasteiger partial charge in [0.1, 0.15) is 5.84 Å². The van der Waals surface area contributed by atoms with Crippen molar-refractivity contribution in [2.75, 3.05) is 26.8 Å². The normalized spacial score (nSPS) is 19.7. The zero-order chi connectivity index (χ0) is 11.1. The molecule has 3 N–H and O–H groups in total. The highest BCUT2D eigenvalue weighted by atomic mass is 16.5. The molecule has 0 bridgehead atoms. The van der Waals surface area contributed by atoms with Crippen LogP contribution in [0, 0.1) is 0 Å². The summed E-state index contributed by atoms with van der Waals surface area (Å²) in [6.45, 7) is 2.73. The smallest absolute Gasteiger partial charge is 0.139 e. The van der Waals surface area contributed by atoms with Gasteiger partial charge in [-0.1, -0.05) is 5.16 Å². The summed E-state index contributed by atoms with van der Waals surface area (Å²) in [6.07, 6.45) is 3.81. The van der Waals surface area contributed by atoms with Gasteiger partial charge >= 0.3 is 0 Å². The van der Waals surface area contributed by atoms with Crippen molar-refractivity contribution >= 4 is 5.84 Å². The van der Waals surface area contributed by atoms with Crippen LogP contribution in [0.3, 0.4) is 0 Å². The fourth-order valence-electron chi connectivity index (χ4n) is 1.87. The second-order valence-corrected chi connectivity index (χ2v) is 4.02. The van der Waals surface area contributed by atoms with Crippen molar-refractivity contribution in [2.45, 2.75) is 31.7 Å². The Balaban J connectivity index is 2.14. The number of nitrogens with two attached hydrogens (primary N) is 1. The number of oxime groups is 1. The highest BCUT2D eigenvalue weighted by Crippen LogP contribution is 2.13. The first-order valence-electron chi connectivity index (χ1n) is 5.48. The molecule has 0 spiro atoms. The van der Waals surface area contributed by atoms with Crippen molar-refractivity contribution in [1.29, 1.82) is 0 Å². The Morgan fingerprint density at radius 1 is 1.53 bits per heavy atom. The first kappa shape index (κ1) is 12.3. The second-order valence-electron chi connectivity index (χ2n) is 4.02. The summed E-state index contributed by atoms with van der Waals surface area (Å²) in [4.78, 5) is 2.34. The fraction of sp³-hybridized carbons (Fsp3) is 0.900. The highest BCUT2D eigenvalue weighted by molar-refractivity contribution is 5.79. The van der Waals surface area contributed by atoms with E-state index in [1.807, 2.05) is 0 Å². The molecular weight excluding hydrogens is 194 g/mol. The number of nitrogens with zero attached hydrogens (tertiary/aromatic N) is 2. The van der Waals surface area contributed by atoms with Crippen molar-refractivity contribution in [2.24, 2.45) is 10.9 Å². The zero-order valence-electron chi connectivity index (χ0n) is 9.35. The maximum absolute atomic E-state index is 8.38. The van der Waals surface area contributed by atoms with Gasteiger partial charge in [0.15, 0.2) is 0 Å². The van der Waals surface area contributed by atoms with Crippen LogP contribution in [0.25, 0.3) is 0 Å². The molecule has 5 heteroatoms. The summed E-state index contributed by atoms with van der Waals surface area (Å²) in [5.74, 6) is 0.315. The molecule has 0 aromatic carbocycles. The van der Waals surface area contributed by atoms with Gasteiger partial charge in [0.05, 0.1) is 0 Å². The van der Waals surface area contributed by atoms with Gasteiger partial charge in [-0.3, -0.25) is 0 Å². The lowest BCUT2D eigenvalue weighted by Gasteiger charge is -2.31. The Morgan fingerprint density at radius 3 is 2.80 bits per heavy atom. The topological polar surface area (TPSA) is 71.1 Å². The molecule has 0 aromatic rings. The molecule has 88 valence electrons. The Hall–Kier alpha value is -0.810. The number of ether oxygens (including phenoxy) is 1. The zero-order valence-corrected chi connectivity index (χ0v) is 9.35. The Bertz CT molecular complexity index is 203. The third-order valence-electron chi connectivity index (χ3n) is 2.89. The van der Waals surface area contributed by atoms with E-state index < -0.39 is 0 Å². The minimum absolute atomic E-state index is 0.315. The Morgan fingerprint density at radius 2 is 2.20 bits per heavy atom. The van der Waals surface area contributed by atoms with Crippen LogP contribution in [0.15, 0.2) is 5.16 Å². The van der Waals surface area contributed by atoms with Gasteiger partial charge in [0.25, 0.3) is 0 Å². The molecule has 15 heavy (non-hydrogen) atoms. The van der Waals surface area contributed by atoms with E-state index in [-0.39, 0.29) is 0 Å². The lowest BCUT2D eigenvalue weighted by atomic mass is 10.1. The molecule has 0 saturated carbocycles. The molecule has 1 aliphatic heterocycles. The average Bonchev–Trinajstić information content (AvgIpc) is 2.29. The maximum atomic E-state index is 8.38. The molecule has 5 nitrogen and oxygen atoms in total. The lowest BCUT2D eigenvalue weighted by molar-refractivity contribution is 0.0429. The van der Waals surface area contributed by atoms with Crippen molar-refractivity contribution in [3.05, 3.63) is 0 Å². The second kappa shape index (κ2) is 6.63. The molecule has 1 aliphatic rings. The van der Waals surface area contributed by atoms with Crippen LogP contribution in [-0.2, 0) is 4.74 Å². The summed E-state index contributed by atoms with van der Waals surface area (Å²) in [6, 6.07) is 0.631. The molecule has 1 saturated heterocycles. The molecule has 0 radical (unpaired) electrons. The molecule has 0 unspecified atom stereocenters. The molecule has 1 rings (SSSR count). The predicted octanol–water partition coefficient (Wildman–Crippen LogP) is 0.624. The predicted molar refractivity (Wildman–Crippen MR) is 59.1 cm³/mol. The van der Waals surface area contributed by atoms with E-state index in [4.69, 9.17) is 15.7 Å². The van der Waals surface area contributed by atoms with Crippen molar-refractivity contribution < 1.29 is 9.94 Å². The summed E-state index contributed by atoms with van der Waals surface area (Å²) >= 11 is 0. The van der Waals surface area contributed by atoms with E-state index in [2.05, 4.69) is 17.1 Å². The monoisotopic (exact) mass is 215 g/mol. The van der Waals surface area contributed by atoms with Crippen molar-refractivity contribution in [3.63, 3.8) is 0 Å². The summed E-state index contributed by atoms with van der Waals surface area (Å²) in [7, 11) is 2.13. The average molecular weight is 215 g/mol. The first-order chi connectivity index (χ1) is 7.24.